The normalized spacial score (nSPS) is 24.4. The van der Waals surface area contributed by atoms with Crippen molar-refractivity contribution in [3.8, 4) is 0 Å². The van der Waals surface area contributed by atoms with Crippen LogP contribution in [0.2, 0.25) is 0 Å². The van der Waals surface area contributed by atoms with Crippen LogP contribution in [-0.4, -0.2) is 16.3 Å². The Balaban J connectivity index is 2.20. The first-order chi connectivity index (χ1) is 7.60. The fourth-order valence-corrected chi connectivity index (χ4v) is 2.62. The molecule has 3 heteroatoms. The molecular weight excluding hydrogens is 198 g/mol. The van der Waals surface area contributed by atoms with Crippen LogP contribution in [0, 0.1) is 11.3 Å². The number of aromatic nitrogens is 2. The maximum atomic E-state index is 4.37. The minimum atomic E-state index is 0.474. The van der Waals surface area contributed by atoms with Gasteiger partial charge in [-0.1, -0.05) is 20.8 Å². The van der Waals surface area contributed by atoms with Crippen LogP contribution in [0.1, 0.15) is 45.9 Å². The van der Waals surface area contributed by atoms with Gasteiger partial charge in [0.1, 0.15) is 0 Å². The van der Waals surface area contributed by atoms with E-state index >= 15 is 0 Å². The molecule has 2 unspecified atom stereocenters. The van der Waals surface area contributed by atoms with E-state index in [2.05, 4.69) is 48.9 Å². The summed E-state index contributed by atoms with van der Waals surface area (Å²) in [6.45, 7) is 11.0. The summed E-state index contributed by atoms with van der Waals surface area (Å²) in [5, 5.41) is 7.99. The van der Waals surface area contributed by atoms with Crippen molar-refractivity contribution in [2.75, 3.05) is 6.54 Å². The van der Waals surface area contributed by atoms with Gasteiger partial charge in [0.25, 0.3) is 0 Å². The van der Waals surface area contributed by atoms with Gasteiger partial charge in [0.05, 0.1) is 11.7 Å². The third-order valence-corrected chi connectivity index (χ3v) is 3.78. The first kappa shape index (κ1) is 11.6. The smallest absolute Gasteiger partial charge is 0.0556 e. The van der Waals surface area contributed by atoms with Gasteiger partial charge in [-0.25, -0.2) is 0 Å². The summed E-state index contributed by atoms with van der Waals surface area (Å²) >= 11 is 0. The SMILES string of the molecule is CCNC(c1ccnn1CC)C1CC1(C)C. The highest BCUT2D eigenvalue weighted by atomic mass is 15.3. The van der Waals surface area contributed by atoms with Crippen LogP contribution in [0.5, 0.6) is 0 Å². The number of hydrogen-bond acceptors (Lipinski definition) is 2. The van der Waals surface area contributed by atoms with Crippen LogP contribution in [0.3, 0.4) is 0 Å². The van der Waals surface area contributed by atoms with Crippen molar-refractivity contribution in [1.82, 2.24) is 15.1 Å². The van der Waals surface area contributed by atoms with E-state index in [9.17, 15) is 0 Å². The summed E-state index contributed by atoms with van der Waals surface area (Å²) in [5.74, 6) is 0.759. The lowest BCUT2D eigenvalue weighted by molar-refractivity contribution is 0.397. The van der Waals surface area contributed by atoms with Gasteiger partial charge in [0.15, 0.2) is 0 Å². The molecule has 0 bridgehead atoms. The molecule has 0 aliphatic heterocycles. The molecule has 1 N–H and O–H groups in total. The Morgan fingerprint density at radius 2 is 2.25 bits per heavy atom. The molecule has 2 atom stereocenters. The van der Waals surface area contributed by atoms with E-state index in [0.717, 1.165) is 19.0 Å². The average molecular weight is 221 g/mol. The quantitative estimate of drug-likeness (QED) is 0.828. The van der Waals surface area contributed by atoms with Gasteiger partial charge in [0, 0.05) is 12.7 Å². The standard InChI is InChI=1S/C13H23N3/c1-5-14-12(10-9-13(10,3)4)11-7-8-15-16(11)6-2/h7-8,10,12,14H,5-6,9H2,1-4H3. The lowest BCUT2D eigenvalue weighted by Crippen LogP contribution is -2.26. The largest absolute Gasteiger partial charge is 0.309 e. The first-order valence-corrected chi connectivity index (χ1v) is 6.35. The second kappa shape index (κ2) is 4.21. The molecule has 0 radical (unpaired) electrons. The fourth-order valence-electron chi connectivity index (χ4n) is 2.62. The van der Waals surface area contributed by atoms with E-state index in [0.29, 0.717) is 11.5 Å². The predicted octanol–water partition coefficient (Wildman–Crippen LogP) is 2.60. The molecule has 1 saturated carbocycles. The van der Waals surface area contributed by atoms with Crippen LogP contribution < -0.4 is 5.32 Å². The molecule has 1 aliphatic carbocycles. The topological polar surface area (TPSA) is 29.9 Å². The Kier molecular flexibility index (Phi) is 3.06. The maximum absolute atomic E-state index is 4.37. The summed E-state index contributed by atoms with van der Waals surface area (Å²) in [7, 11) is 0. The van der Waals surface area contributed by atoms with Crippen molar-refractivity contribution in [3.05, 3.63) is 18.0 Å². The van der Waals surface area contributed by atoms with Crippen molar-refractivity contribution >= 4 is 0 Å². The third-order valence-electron chi connectivity index (χ3n) is 3.78. The maximum Gasteiger partial charge on any atom is 0.0556 e. The van der Waals surface area contributed by atoms with Crippen LogP contribution in [0.4, 0.5) is 0 Å². The molecule has 1 aromatic rings. The molecule has 0 aromatic carbocycles. The van der Waals surface area contributed by atoms with Gasteiger partial charge in [-0.3, -0.25) is 4.68 Å². The molecule has 1 heterocycles. The Labute approximate surface area is 98.2 Å². The molecule has 1 fully saturated rings. The summed E-state index contributed by atoms with van der Waals surface area (Å²) in [6.07, 6.45) is 3.23. The van der Waals surface area contributed by atoms with Crippen LogP contribution >= 0.6 is 0 Å². The lowest BCUT2D eigenvalue weighted by Gasteiger charge is -2.20. The monoisotopic (exact) mass is 221 g/mol. The fraction of sp³-hybridized carbons (Fsp3) is 0.769. The number of rotatable bonds is 5. The minimum absolute atomic E-state index is 0.474. The zero-order valence-corrected chi connectivity index (χ0v) is 10.8. The van der Waals surface area contributed by atoms with Crippen LogP contribution in [-0.2, 0) is 6.54 Å². The van der Waals surface area contributed by atoms with Crippen molar-refractivity contribution in [1.29, 1.82) is 0 Å². The molecule has 1 aromatic heterocycles. The molecule has 16 heavy (non-hydrogen) atoms. The summed E-state index contributed by atoms with van der Waals surface area (Å²) in [4.78, 5) is 0. The van der Waals surface area contributed by atoms with Crippen molar-refractivity contribution in [2.24, 2.45) is 11.3 Å². The van der Waals surface area contributed by atoms with E-state index in [-0.39, 0.29) is 0 Å². The van der Waals surface area contributed by atoms with Gasteiger partial charge in [0.2, 0.25) is 0 Å². The number of aryl methyl sites for hydroxylation is 1. The van der Waals surface area contributed by atoms with Crippen molar-refractivity contribution < 1.29 is 0 Å². The van der Waals surface area contributed by atoms with E-state index in [4.69, 9.17) is 0 Å². The molecular formula is C13H23N3. The van der Waals surface area contributed by atoms with Crippen LogP contribution in [0.15, 0.2) is 12.3 Å². The Bertz CT molecular complexity index is 354. The summed E-state index contributed by atoms with van der Waals surface area (Å²) in [6, 6.07) is 2.63. The second-order valence-corrected chi connectivity index (χ2v) is 5.41. The highest BCUT2D eigenvalue weighted by Gasteiger charge is 2.50. The van der Waals surface area contributed by atoms with Gasteiger partial charge in [-0.2, -0.15) is 5.10 Å². The van der Waals surface area contributed by atoms with Crippen molar-refractivity contribution in [3.63, 3.8) is 0 Å². The number of nitrogens with one attached hydrogen (secondary N) is 1. The summed E-state index contributed by atoms with van der Waals surface area (Å²) < 4.78 is 2.11. The van der Waals surface area contributed by atoms with Gasteiger partial charge in [-0.15, -0.1) is 0 Å². The minimum Gasteiger partial charge on any atom is -0.309 e. The Hall–Kier alpha value is -0.830. The number of hydrogen-bond donors (Lipinski definition) is 1. The second-order valence-electron chi connectivity index (χ2n) is 5.41. The van der Waals surface area contributed by atoms with Crippen LogP contribution in [0.25, 0.3) is 0 Å². The summed E-state index contributed by atoms with van der Waals surface area (Å²) in [5.41, 5.74) is 1.84. The zero-order valence-electron chi connectivity index (χ0n) is 10.8. The van der Waals surface area contributed by atoms with E-state index < -0.39 is 0 Å². The first-order valence-electron chi connectivity index (χ1n) is 6.35. The highest BCUT2D eigenvalue weighted by Crippen LogP contribution is 2.57. The van der Waals surface area contributed by atoms with Crippen molar-refractivity contribution in [2.45, 2.75) is 46.7 Å². The van der Waals surface area contributed by atoms with Gasteiger partial charge in [-0.05, 0) is 37.3 Å². The van der Waals surface area contributed by atoms with Gasteiger partial charge < -0.3 is 5.32 Å². The molecule has 0 amide bonds. The van der Waals surface area contributed by atoms with E-state index in [1.54, 1.807) is 0 Å². The molecule has 2 rings (SSSR count). The average Bonchev–Trinajstić information content (AvgIpc) is 2.69. The molecule has 0 spiro atoms. The predicted molar refractivity (Wildman–Crippen MR) is 66.2 cm³/mol. The Morgan fingerprint density at radius 1 is 1.56 bits per heavy atom. The van der Waals surface area contributed by atoms with Gasteiger partial charge >= 0.3 is 0 Å². The highest BCUT2D eigenvalue weighted by molar-refractivity contribution is 5.15. The number of nitrogens with zero attached hydrogens (tertiary/aromatic N) is 2. The lowest BCUT2D eigenvalue weighted by atomic mass is 10.0. The van der Waals surface area contributed by atoms with E-state index in [1.165, 1.54) is 12.1 Å². The molecule has 0 saturated heterocycles. The zero-order chi connectivity index (χ0) is 11.8. The third kappa shape index (κ3) is 2.01. The Morgan fingerprint density at radius 3 is 2.75 bits per heavy atom. The molecule has 1 aliphatic rings. The molecule has 3 nitrogen and oxygen atoms in total. The molecule has 90 valence electrons. The van der Waals surface area contributed by atoms with E-state index in [1.807, 2.05) is 6.20 Å².